The van der Waals surface area contributed by atoms with Crippen molar-refractivity contribution < 1.29 is 19.1 Å². The van der Waals surface area contributed by atoms with Gasteiger partial charge in [-0.05, 0) is 56.2 Å². The Labute approximate surface area is 183 Å². The molecule has 156 valence electrons. The summed E-state index contributed by atoms with van der Waals surface area (Å²) in [5.74, 6) is -0.365. The normalized spacial score (nSPS) is 16.5. The number of nitrogens with zero attached hydrogens (tertiary/aromatic N) is 1. The van der Waals surface area contributed by atoms with E-state index in [9.17, 15) is 14.4 Å². The maximum Gasteiger partial charge on any atom is 0.261 e. The van der Waals surface area contributed by atoms with Crippen LogP contribution >= 0.6 is 15.9 Å². The minimum Gasteiger partial charge on any atom is -0.493 e. The van der Waals surface area contributed by atoms with E-state index in [1.807, 2.05) is 6.92 Å². The molecular weight excluding hydrogens is 448 g/mol. The first-order chi connectivity index (χ1) is 14.5. The number of halogens is 1. The molecule has 3 amide bonds. The highest BCUT2D eigenvalue weighted by atomic mass is 79.9. The van der Waals surface area contributed by atoms with Crippen LogP contribution in [0, 0.1) is 0 Å². The van der Waals surface area contributed by atoms with Gasteiger partial charge in [-0.2, -0.15) is 0 Å². The van der Waals surface area contributed by atoms with Gasteiger partial charge in [0.25, 0.3) is 17.7 Å². The number of ether oxygens (including phenoxy) is 1. The van der Waals surface area contributed by atoms with E-state index in [0.29, 0.717) is 34.7 Å². The van der Waals surface area contributed by atoms with Gasteiger partial charge >= 0.3 is 0 Å². The lowest BCUT2D eigenvalue weighted by Crippen LogP contribution is -2.40. The second-order valence-corrected chi connectivity index (χ2v) is 8.48. The lowest BCUT2D eigenvalue weighted by molar-refractivity contribution is 0.0548. The molecule has 4 rings (SSSR count). The number of carbonyl (C=O) groups is 3. The van der Waals surface area contributed by atoms with Crippen LogP contribution < -0.4 is 10.1 Å². The molecule has 2 aromatic carbocycles. The zero-order chi connectivity index (χ0) is 21.3. The maximum absolute atomic E-state index is 13.0. The molecule has 0 atom stereocenters. The van der Waals surface area contributed by atoms with Crippen molar-refractivity contribution in [2.24, 2.45) is 0 Å². The number of nitrogens with one attached hydrogen (secondary N) is 1. The highest BCUT2D eigenvalue weighted by Gasteiger charge is 2.40. The number of benzene rings is 2. The van der Waals surface area contributed by atoms with Gasteiger partial charge < -0.3 is 10.1 Å². The van der Waals surface area contributed by atoms with E-state index in [0.717, 1.165) is 36.6 Å². The topological polar surface area (TPSA) is 75.7 Å². The predicted octanol–water partition coefficient (Wildman–Crippen LogP) is 5.03. The summed E-state index contributed by atoms with van der Waals surface area (Å²) < 4.78 is 6.31. The molecule has 0 aromatic heterocycles. The number of hydrogen-bond donors (Lipinski definition) is 1. The summed E-state index contributed by atoms with van der Waals surface area (Å²) in [6.45, 7) is 2.29. The average molecular weight is 471 g/mol. The number of hydrogen-bond acceptors (Lipinski definition) is 4. The fourth-order valence-electron chi connectivity index (χ4n) is 4.17. The zero-order valence-corrected chi connectivity index (χ0v) is 18.3. The van der Waals surface area contributed by atoms with E-state index in [-0.39, 0.29) is 23.8 Å². The van der Waals surface area contributed by atoms with Crippen LogP contribution in [0.4, 0.5) is 5.69 Å². The van der Waals surface area contributed by atoms with Gasteiger partial charge in [0.2, 0.25) is 0 Å². The number of amides is 3. The first-order valence-electron chi connectivity index (χ1n) is 10.2. The van der Waals surface area contributed by atoms with Gasteiger partial charge in [0.15, 0.2) is 0 Å². The Morgan fingerprint density at radius 3 is 2.53 bits per heavy atom. The largest absolute Gasteiger partial charge is 0.493 e. The Morgan fingerprint density at radius 1 is 1.07 bits per heavy atom. The fourth-order valence-corrected chi connectivity index (χ4v) is 4.53. The Balaban J connectivity index is 1.57. The molecule has 30 heavy (non-hydrogen) atoms. The van der Waals surface area contributed by atoms with Crippen LogP contribution in [0.2, 0.25) is 0 Å². The van der Waals surface area contributed by atoms with E-state index < -0.39 is 0 Å². The van der Waals surface area contributed by atoms with Crippen molar-refractivity contribution in [1.29, 1.82) is 0 Å². The molecule has 1 saturated carbocycles. The third-order valence-electron chi connectivity index (χ3n) is 5.60. The van der Waals surface area contributed by atoms with E-state index in [2.05, 4.69) is 21.2 Å². The second kappa shape index (κ2) is 8.60. The minimum atomic E-state index is -0.347. The van der Waals surface area contributed by atoms with Crippen LogP contribution in [0.5, 0.6) is 5.75 Å². The third-order valence-corrected chi connectivity index (χ3v) is 6.10. The van der Waals surface area contributed by atoms with E-state index in [4.69, 9.17) is 4.74 Å². The van der Waals surface area contributed by atoms with Crippen LogP contribution in [0.1, 0.15) is 70.1 Å². The second-order valence-electron chi connectivity index (χ2n) is 7.56. The number of anilines is 1. The van der Waals surface area contributed by atoms with Crippen LogP contribution in [-0.4, -0.2) is 35.3 Å². The summed E-state index contributed by atoms with van der Waals surface area (Å²) in [5.41, 5.74) is 1.61. The molecule has 0 spiro atoms. The van der Waals surface area contributed by atoms with E-state index in [1.165, 1.54) is 4.90 Å². The van der Waals surface area contributed by atoms with Crippen molar-refractivity contribution in [2.45, 2.75) is 45.1 Å². The summed E-state index contributed by atoms with van der Waals surface area (Å²) in [7, 11) is 0. The Kier molecular flexibility index (Phi) is 5.90. The van der Waals surface area contributed by atoms with Gasteiger partial charge in [0, 0.05) is 16.2 Å². The van der Waals surface area contributed by atoms with Gasteiger partial charge in [-0.25, -0.2) is 0 Å². The molecule has 2 aliphatic rings. The molecule has 7 heteroatoms. The van der Waals surface area contributed by atoms with Crippen LogP contribution in [0.15, 0.2) is 40.9 Å². The summed E-state index contributed by atoms with van der Waals surface area (Å²) >= 11 is 3.38. The first kappa shape index (κ1) is 20.6. The molecule has 6 nitrogen and oxygen atoms in total. The highest BCUT2D eigenvalue weighted by molar-refractivity contribution is 9.10. The predicted molar refractivity (Wildman–Crippen MR) is 117 cm³/mol. The number of fused-ring (bicyclic) bond motifs is 1. The van der Waals surface area contributed by atoms with Gasteiger partial charge in [0.05, 0.1) is 23.3 Å². The number of carbonyl (C=O) groups excluding carboxylic acids is 3. The van der Waals surface area contributed by atoms with Gasteiger partial charge in [-0.15, -0.1) is 0 Å². The number of imide groups is 1. The maximum atomic E-state index is 13.0. The van der Waals surface area contributed by atoms with Crippen molar-refractivity contribution in [3.63, 3.8) is 0 Å². The van der Waals surface area contributed by atoms with Crippen LogP contribution in [0.3, 0.4) is 0 Å². The Morgan fingerprint density at radius 2 is 1.80 bits per heavy atom. The zero-order valence-electron chi connectivity index (χ0n) is 16.7. The summed E-state index contributed by atoms with van der Waals surface area (Å²) in [6, 6.07) is 10.1. The van der Waals surface area contributed by atoms with E-state index >= 15 is 0 Å². The van der Waals surface area contributed by atoms with Gasteiger partial charge in [0.1, 0.15) is 5.75 Å². The van der Waals surface area contributed by atoms with Gasteiger partial charge in [-0.3, -0.25) is 19.3 Å². The van der Waals surface area contributed by atoms with Crippen molar-refractivity contribution in [3.8, 4) is 5.75 Å². The van der Waals surface area contributed by atoms with Crippen molar-refractivity contribution in [3.05, 3.63) is 57.6 Å². The SMILES string of the molecule is CCOc1ccc(Br)cc1C(=O)Nc1ccc2c(c1)C(=O)N(C1CCCCC1)C2=O. The Bertz CT molecular complexity index is 1010. The summed E-state index contributed by atoms with van der Waals surface area (Å²) in [5, 5.41) is 2.82. The molecule has 2 aromatic rings. The minimum absolute atomic E-state index is 0.0281. The van der Waals surface area contributed by atoms with E-state index in [1.54, 1.807) is 36.4 Å². The lowest BCUT2D eigenvalue weighted by atomic mass is 9.94. The average Bonchev–Trinajstić information content (AvgIpc) is 3.00. The molecule has 1 aliphatic heterocycles. The monoisotopic (exact) mass is 470 g/mol. The third kappa shape index (κ3) is 3.86. The molecule has 0 saturated heterocycles. The highest BCUT2D eigenvalue weighted by Crippen LogP contribution is 2.32. The standard InChI is InChI=1S/C23H23BrN2O4/c1-2-30-20-11-8-14(24)12-19(20)21(27)25-15-9-10-17-18(13-15)23(29)26(22(17)28)16-6-4-3-5-7-16/h8-13,16H,2-7H2,1H3,(H,25,27). The van der Waals surface area contributed by atoms with Gasteiger partial charge in [-0.1, -0.05) is 35.2 Å². The van der Waals surface area contributed by atoms with Crippen molar-refractivity contribution in [2.75, 3.05) is 11.9 Å². The molecule has 1 heterocycles. The molecule has 1 aliphatic carbocycles. The molecule has 0 bridgehead atoms. The summed E-state index contributed by atoms with van der Waals surface area (Å²) in [6.07, 6.45) is 4.94. The quantitative estimate of drug-likeness (QED) is 0.621. The van der Waals surface area contributed by atoms with Crippen LogP contribution in [-0.2, 0) is 0 Å². The first-order valence-corrected chi connectivity index (χ1v) is 11.0. The molecular formula is C23H23BrN2O4. The molecule has 1 N–H and O–H groups in total. The molecule has 0 unspecified atom stereocenters. The number of rotatable bonds is 5. The molecule has 1 fully saturated rings. The smallest absolute Gasteiger partial charge is 0.261 e. The van der Waals surface area contributed by atoms with Crippen molar-refractivity contribution >= 4 is 39.3 Å². The lowest BCUT2D eigenvalue weighted by Gasteiger charge is -2.29. The van der Waals surface area contributed by atoms with Crippen molar-refractivity contribution in [1.82, 2.24) is 4.90 Å². The Hall–Kier alpha value is -2.67. The summed E-state index contributed by atoms with van der Waals surface area (Å²) in [4.78, 5) is 40.0. The van der Waals surface area contributed by atoms with Crippen LogP contribution in [0.25, 0.3) is 0 Å². The fraction of sp³-hybridized carbons (Fsp3) is 0.348. The molecule has 0 radical (unpaired) electrons.